The molecular formula is C19H23N3. The van der Waals surface area contributed by atoms with Crippen molar-refractivity contribution in [3.8, 4) is 0 Å². The number of nitrogens with one attached hydrogen (secondary N) is 1. The van der Waals surface area contributed by atoms with Crippen molar-refractivity contribution in [2.45, 2.75) is 33.4 Å². The number of fused-ring (bicyclic) bond motifs is 1. The highest BCUT2D eigenvalue weighted by molar-refractivity contribution is 5.86. The van der Waals surface area contributed by atoms with Crippen LogP contribution in [0.2, 0.25) is 0 Å². The fraction of sp³-hybridized carbons (Fsp3) is 0.316. The highest BCUT2D eigenvalue weighted by Crippen LogP contribution is 2.24. The van der Waals surface area contributed by atoms with Gasteiger partial charge in [0.2, 0.25) is 0 Å². The predicted octanol–water partition coefficient (Wildman–Crippen LogP) is 4.04. The van der Waals surface area contributed by atoms with Crippen molar-refractivity contribution >= 4 is 10.8 Å². The van der Waals surface area contributed by atoms with E-state index in [0.717, 1.165) is 12.2 Å². The summed E-state index contributed by atoms with van der Waals surface area (Å²) in [4.78, 5) is 0. The number of aryl methyl sites for hydroxylation is 2. The molecule has 3 aromatic rings. The zero-order valence-corrected chi connectivity index (χ0v) is 13.7. The van der Waals surface area contributed by atoms with Crippen molar-refractivity contribution in [2.24, 2.45) is 7.05 Å². The number of rotatable bonds is 4. The van der Waals surface area contributed by atoms with E-state index in [1.54, 1.807) is 0 Å². The first-order valence-corrected chi connectivity index (χ1v) is 7.78. The molecule has 0 aliphatic carbocycles. The van der Waals surface area contributed by atoms with Crippen molar-refractivity contribution < 1.29 is 0 Å². The molecule has 0 spiro atoms. The largest absolute Gasteiger partial charge is 0.306 e. The molecular weight excluding hydrogens is 270 g/mol. The molecule has 3 nitrogen and oxygen atoms in total. The molecule has 1 N–H and O–H groups in total. The normalized spacial score (nSPS) is 12.7. The van der Waals surface area contributed by atoms with Crippen molar-refractivity contribution in [3.05, 3.63) is 65.0 Å². The molecule has 0 fully saturated rings. The fourth-order valence-corrected chi connectivity index (χ4v) is 3.07. The van der Waals surface area contributed by atoms with Gasteiger partial charge in [0.05, 0.1) is 5.69 Å². The molecule has 0 amide bonds. The van der Waals surface area contributed by atoms with Crippen molar-refractivity contribution in [2.75, 3.05) is 0 Å². The summed E-state index contributed by atoms with van der Waals surface area (Å²) in [6.07, 6.45) is 0. The highest BCUT2D eigenvalue weighted by Gasteiger charge is 2.12. The Labute approximate surface area is 132 Å². The van der Waals surface area contributed by atoms with Crippen LogP contribution >= 0.6 is 0 Å². The lowest BCUT2D eigenvalue weighted by molar-refractivity contribution is 0.575. The molecule has 0 saturated heterocycles. The zero-order chi connectivity index (χ0) is 15.7. The number of hydrogen-bond donors (Lipinski definition) is 1. The van der Waals surface area contributed by atoms with E-state index in [4.69, 9.17) is 0 Å². The van der Waals surface area contributed by atoms with Crippen LogP contribution in [-0.2, 0) is 13.6 Å². The summed E-state index contributed by atoms with van der Waals surface area (Å²) in [6.45, 7) is 7.27. The Morgan fingerprint density at radius 3 is 2.55 bits per heavy atom. The fourth-order valence-electron chi connectivity index (χ4n) is 3.07. The van der Waals surface area contributed by atoms with Crippen LogP contribution in [0.1, 0.15) is 35.5 Å². The van der Waals surface area contributed by atoms with Crippen molar-refractivity contribution in [1.29, 1.82) is 0 Å². The van der Waals surface area contributed by atoms with Crippen LogP contribution in [-0.4, -0.2) is 9.78 Å². The standard InChI is InChI=1S/C19H23N3/c1-13(20-12-19-14(2)21-22(4)15(19)3)17-11-7-9-16-8-5-6-10-18(16)17/h5-11,13,20H,12H2,1-4H3/t13-/m1/s1. The number of aromatic nitrogens is 2. The molecule has 0 aliphatic rings. The molecule has 2 aromatic carbocycles. The van der Waals surface area contributed by atoms with Gasteiger partial charge in [0.1, 0.15) is 0 Å². The van der Waals surface area contributed by atoms with Gasteiger partial charge in [0.25, 0.3) is 0 Å². The van der Waals surface area contributed by atoms with E-state index in [1.807, 2.05) is 11.7 Å². The lowest BCUT2D eigenvalue weighted by atomic mass is 9.99. The average Bonchev–Trinajstić information content (AvgIpc) is 2.77. The molecule has 22 heavy (non-hydrogen) atoms. The van der Waals surface area contributed by atoms with Crippen LogP contribution in [0.15, 0.2) is 42.5 Å². The van der Waals surface area contributed by atoms with Crippen LogP contribution in [0.4, 0.5) is 0 Å². The molecule has 1 heterocycles. The third-order valence-corrected chi connectivity index (χ3v) is 4.53. The Balaban J connectivity index is 1.83. The summed E-state index contributed by atoms with van der Waals surface area (Å²) in [5, 5.41) is 10.8. The van der Waals surface area contributed by atoms with E-state index in [0.29, 0.717) is 6.04 Å². The van der Waals surface area contributed by atoms with E-state index in [2.05, 4.69) is 73.7 Å². The van der Waals surface area contributed by atoms with E-state index < -0.39 is 0 Å². The monoisotopic (exact) mass is 293 g/mol. The Bertz CT molecular complexity index is 796. The first-order chi connectivity index (χ1) is 10.6. The van der Waals surface area contributed by atoms with Crippen molar-refractivity contribution in [3.63, 3.8) is 0 Å². The van der Waals surface area contributed by atoms with Crippen LogP contribution in [0.5, 0.6) is 0 Å². The summed E-state index contributed by atoms with van der Waals surface area (Å²) in [7, 11) is 2.00. The van der Waals surface area contributed by atoms with Gasteiger partial charge in [-0.25, -0.2) is 0 Å². The van der Waals surface area contributed by atoms with Crippen molar-refractivity contribution in [1.82, 2.24) is 15.1 Å². The summed E-state index contributed by atoms with van der Waals surface area (Å²) in [5.74, 6) is 0. The maximum Gasteiger partial charge on any atom is 0.0641 e. The Kier molecular flexibility index (Phi) is 3.99. The lowest BCUT2D eigenvalue weighted by Gasteiger charge is -2.17. The first kappa shape index (κ1) is 14.8. The van der Waals surface area contributed by atoms with Gasteiger partial charge in [-0.1, -0.05) is 42.5 Å². The topological polar surface area (TPSA) is 29.9 Å². The van der Waals surface area contributed by atoms with E-state index >= 15 is 0 Å². The smallest absolute Gasteiger partial charge is 0.0641 e. The Hall–Kier alpha value is -2.13. The van der Waals surface area contributed by atoms with Gasteiger partial charge in [-0.2, -0.15) is 5.10 Å². The summed E-state index contributed by atoms with van der Waals surface area (Å²) >= 11 is 0. The molecule has 3 rings (SSSR count). The predicted molar refractivity (Wildman–Crippen MR) is 91.9 cm³/mol. The SMILES string of the molecule is Cc1nn(C)c(C)c1CN[C@H](C)c1cccc2ccccc12. The van der Waals surface area contributed by atoms with Gasteiger partial charge in [0.15, 0.2) is 0 Å². The lowest BCUT2D eigenvalue weighted by Crippen LogP contribution is -2.19. The van der Waals surface area contributed by atoms with Crippen LogP contribution in [0, 0.1) is 13.8 Å². The number of hydrogen-bond acceptors (Lipinski definition) is 2. The molecule has 0 saturated carbocycles. The molecule has 1 atom stereocenters. The average molecular weight is 293 g/mol. The second-order valence-corrected chi connectivity index (χ2v) is 5.94. The second-order valence-electron chi connectivity index (χ2n) is 5.94. The minimum Gasteiger partial charge on any atom is -0.306 e. The third kappa shape index (κ3) is 2.64. The number of nitrogens with zero attached hydrogens (tertiary/aromatic N) is 2. The van der Waals surface area contributed by atoms with Crippen LogP contribution < -0.4 is 5.32 Å². The van der Waals surface area contributed by atoms with Gasteiger partial charge in [0, 0.05) is 30.9 Å². The molecule has 114 valence electrons. The molecule has 0 aliphatic heterocycles. The van der Waals surface area contributed by atoms with Gasteiger partial charge in [-0.05, 0) is 37.1 Å². The molecule has 0 unspecified atom stereocenters. The zero-order valence-electron chi connectivity index (χ0n) is 13.7. The van der Waals surface area contributed by atoms with Gasteiger partial charge in [-0.3, -0.25) is 4.68 Å². The minimum absolute atomic E-state index is 0.296. The molecule has 3 heteroatoms. The van der Waals surface area contributed by atoms with E-state index in [1.165, 1.54) is 27.6 Å². The van der Waals surface area contributed by atoms with Gasteiger partial charge < -0.3 is 5.32 Å². The summed E-state index contributed by atoms with van der Waals surface area (Å²) in [6, 6.07) is 15.4. The minimum atomic E-state index is 0.296. The quantitative estimate of drug-likeness (QED) is 0.786. The molecule has 0 radical (unpaired) electrons. The summed E-state index contributed by atoms with van der Waals surface area (Å²) < 4.78 is 1.95. The van der Waals surface area contributed by atoms with Crippen LogP contribution in [0.3, 0.4) is 0 Å². The van der Waals surface area contributed by atoms with E-state index in [-0.39, 0.29) is 0 Å². The maximum absolute atomic E-state index is 4.49. The second kappa shape index (κ2) is 5.93. The van der Waals surface area contributed by atoms with Gasteiger partial charge >= 0.3 is 0 Å². The summed E-state index contributed by atoms with van der Waals surface area (Å²) in [5.41, 5.74) is 4.99. The van der Waals surface area contributed by atoms with E-state index in [9.17, 15) is 0 Å². The Morgan fingerprint density at radius 1 is 1.09 bits per heavy atom. The van der Waals surface area contributed by atoms with Gasteiger partial charge in [-0.15, -0.1) is 0 Å². The number of benzene rings is 2. The highest BCUT2D eigenvalue weighted by atomic mass is 15.3. The van der Waals surface area contributed by atoms with Crippen LogP contribution in [0.25, 0.3) is 10.8 Å². The first-order valence-electron chi connectivity index (χ1n) is 7.78. The Morgan fingerprint density at radius 2 is 1.82 bits per heavy atom. The molecule has 1 aromatic heterocycles. The maximum atomic E-state index is 4.49. The molecule has 0 bridgehead atoms. The third-order valence-electron chi connectivity index (χ3n) is 4.53.